The first-order valence-corrected chi connectivity index (χ1v) is 10.8. The number of aliphatic carboxylic acids is 1. The fourth-order valence-corrected chi connectivity index (χ4v) is 4.93. The smallest absolute Gasteiger partial charge is 0.332 e. The molecule has 2 N–H and O–H groups in total. The van der Waals surface area contributed by atoms with Gasteiger partial charge in [0.25, 0.3) is 0 Å². The van der Waals surface area contributed by atoms with Crippen LogP contribution in [0.25, 0.3) is 27.8 Å². The molecular formula is C24H25FN4O4. The Morgan fingerprint density at radius 1 is 1.36 bits per heavy atom. The monoisotopic (exact) mass is 452 g/mol. The van der Waals surface area contributed by atoms with E-state index < -0.39 is 17.5 Å². The number of nitrogens with one attached hydrogen (secondary N) is 1. The van der Waals surface area contributed by atoms with E-state index in [0.29, 0.717) is 18.7 Å². The van der Waals surface area contributed by atoms with E-state index in [4.69, 9.17) is 14.5 Å². The first-order chi connectivity index (χ1) is 15.8. The predicted octanol–water partition coefficient (Wildman–Crippen LogP) is 3.92. The Morgan fingerprint density at radius 3 is 2.79 bits per heavy atom. The first-order valence-electron chi connectivity index (χ1n) is 10.8. The topological polar surface area (TPSA) is 102 Å². The van der Waals surface area contributed by atoms with Crippen LogP contribution in [0.4, 0.5) is 4.39 Å². The molecule has 1 aromatic carbocycles. The van der Waals surface area contributed by atoms with Crippen molar-refractivity contribution in [2.24, 2.45) is 0 Å². The fraction of sp³-hybridized carbons (Fsp3) is 0.375. The Hall–Kier alpha value is -3.30. The lowest BCUT2D eigenvalue weighted by Gasteiger charge is -2.29. The highest BCUT2D eigenvalue weighted by Crippen LogP contribution is 2.44. The zero-order valence-electron chi connectivity index (χ0n) is 18.6. The molecule has 172 valence electrons. The van der Waals surface area contributed by atoms with Gasteiger partial charge in [-0.05, 0) is 36.8 Å². The summed E-state index contributed by atoms with van der Waals surface area (Å²) >= 11 is 0. The number of methoxy groups -OCH3 is 1. The van der Waals surface area contributed by atoms with Gasteiger partial charge in [-0.1, -0.05) is 13.8 Å². The van der Waals surface area contributed by atoms with E-state index in [1.54, 1.807) is 25.4 Å². The Bertz CT molecular complexity index is 1340. The summed E-state index contributed by atoms with van der Waals surface area (Å²) in [7, 11) is 1.65. The number of H-pyrrole nitrogens is 1. The zero-order chi connectivity index (χ0) is 23.3. The summed E-state index contributed by atoms with van der Waals surface area (Å²) in [4.78, 5) is 16.5. The molecule has 4 aromatic rings. The minimum Gasteiger partial charge on any atom is -0.479 e. The van der Waals surface area contributed by atoms with E-state index in [-0.39, 0.29) is 18.3 Å². The second kappa shape index (κ2) is 7.93. The molecule has 1 saturated heterocycles. The molecule has 0 unspecified atom stereocenters. The number of carbonyl (C=O) groups is 1. The average molecular weight is 452 g/mol. The van der Waals surface area contributed by atoms with Gasteiger partial charge in [0, 0.05) is 40.8 Å². The summed E-state index contributed by atoms with van der Waals surface area (Å²) in [6.45, 7) is 4.85. The largest absolute Gasteiger partial charge is 0.479 e. The summed E-state index contributed by atoms with van der Waals surface area (Å²) < 4.78 is 27.1. The first kappa shape index (κ1) is 21.5. The summed E-state index contributed by atoms with van der Waals surface area (Å²) in [5.74, 6) is -1.47. The number of aromatic nitrogens is 4. The van der Waals surface area contributed by atoms with Gasteiger partial charge in [-0.15, -0.1) is 0 Å². The number of carboxylic acid groups (broad SMARTS) is 1. The van der Waals surface area contributed by atoms with Gasteiger partial charge in [0.2, 0.25) is 0 Å². The molecule has 5 rings (SSSR count). The normalized spacial score (nSPS) is 19.0. The van der Waals surface area contributed by atoms with Crippen LogP contribution >= 0.6 is 0 Å². The van der Waals surface area contributed by atoms with Crippen LogP contribution in [0.1, 0.15) is 37.4 Å². The molecule has 4 heterocycles. The van der Waals surface area contributed by atoms with Crippen molar-refractivity contribution in [1.82, 2.24) is 19.7 Å². The van der Waals surface area contributed by atoms with Crippen LogP contribution < -0.4 is 0 Å². The molecule has 2 atom stereocenters. The van der Waals surface area contributed by atoms with Gasteiger partial charge in [0.05, 0.1) is 30.4 Å². The van der Waals surface area contributed by atoms with E-state index >= 15 is 0 Å². The van der Waals surface area contributed by atoms with Crippen molar-refractivity contribution in [3.63, 3.8) is 0 Å². The van der Waals surface area contributed by atoms with Crippen molar-refractivity contribution in [2.45, 2.75) is 37.7 Å². The number of fused-ring (bicyclic) bond motifs is 2. The van der Waals surface area contributed by atoms with E-state index in [0.717, 1.165) is 33.4 Å². The molecule has 0 spiro atoms. The third-order valence-electron chi connectivity index (χ3n) is 6.29. The maximum absolute atomic E-state index is 13.8. The molecule has 0 bridgehead atoms. The molecule has 1 aliphatic rings. The SMILES string of the molecule is COCC(C)(C)c1c([C@@H]2CO[C@@H](C(=O)O)C2)c2nc3[nH]ncc3cc2n1-c1ccc(F)cc1. The van der Waals surface area contributed by atoms with Gasteiger partial charge in [0.15, 0.2) is 11.8 Å². The van der Waals surface area contributed by atoms with E-state index in [1.807, 2.05) is 6.07 Å². The van der Waals surface area contributed by atoms with Crippen LogP contribution in [-0.2, 0) is 19.7 Å². The van der Waals surface area contributed by atoms with Gasteiger partial charge in [0.1, 0.15) is 5.82 Å². The van der Waals surface area contributed by atoms with Crippen molar-refractivity contribution in [3.05, 3.63) is 53.6 Å². The molecule has 1 fully saturated rings. The minimum atomic E-state index is -0.971. The number of rotatable bonds is 6. The zero-order valence-corrected chi connectivity index (χ0v) is 18.6. The molecule has 33 heavy (non-hydrogen) atoms. The minimum absolute atomic E-state index is 0.172. The van der Waals surface area contributed by atoms with Gasteiger partial charge in [-0.2, -0.15) is 5.10 Å². The average Bonchev–Trinajstić information content (AvgIpc) is 3.49. The van der Waals surface area contributed by atoms with Crippen LogP contribution in [0.2, 0.25) is 0 Å². The summed E-state index contributed by atoms with van der Waals surface area (Å²) in [5, 5.41) is 17.4. The molecule has 3 aromatic heterocycles. The molecule has 0 amide bonds. The van der Waals surface area contributed by atoms with E-state index in [1.165, 1.54) is 12.1 Å². The predicted molar refractivity (Wildman–Crippen MR) is 120 cm³/mol. The molecule has 0 aliphatic carbocycles. The number of ether oxygens (including phenoxy) is 2. The third-order valence-corrected chi connectivity index (χ3v) is 6.29. The van der Waals surface area contributed by atoms with Crippen LogP contribution in [0.3, 0.4) is 0 Å². The lowest BCUT2D eigenvalue weighted by molar-refractivity contribution is -0.147. The maximum atomic E-state index is 13.8. The van der Waals surface area contributed by atoms with Crippen LogP contribution in [0.5, 0.6) is 0 Å². The number of carboxylic acids is 1. The van der Waals surface area contributed by atoms with E-state index in [9.17, 15) is 14.3 Å². The maximum Gasteiger partial charge on any atom is 0.332 e. The molecule has 0 saturated carbocycles. The number of benzene rings is 1. The summed E-state index contributed by atoms with van der Waals surface area (Å²) in [6.07, 6.45) is 1.19. The summed E-state index contributed by atoms with van der Waals surface area (Å²) in [5.41, 5.74) is 4.41. The van der Waals surface area contributed by atoms with Crippen LogP contribution in [0, 0.1) is 5.82 Å². The lowest BCUT2D eigenvalue weighted by Crippen LogP contribution is -2.29. The Morgan fingerprint density at radius 2 is 2.12 bits per heavy atom. The number of hydrogen-bond donors (Lipinski definition) is 2. The number of hydrogen-bond acceptors (Lipinski definition) is 5. The summed E-state index contributed by atoms with van der Waals surface area (Å²) in [6, 6.07) is 8.32. The Labute approximate surface area is 189 Å². The van der Waals surface area contributed by atoms with Gasteiger partial charge < -0.3 is 19.1 Å². The van der Waals surface area contributed by atoms with Gasteiger partial charge in [-0.3, -0.25) is 5.10 Å². The second-order valence-electron chi connectivity index (χ2n) is 9.15. The highest BCUT2D eigenvalue weighted by atomic mass is 19.1. The molecule has 8 nitrogen and oxygen atoms in total. The number of halogens is 1. The molecular weight excluding hydrogens is 427 g/mol. The number of nitrogens with zero attached hydrogens (tertiary/aromatic N) is 3. The van der Waals surface area contributed by atoms with Crippen molar-refractivity contribution < 1.29 is 23.8 Å². The standard InChI is InChI=1S/C24H25FN4O4/c1-24(2,12-32-3)21-19(14-9-18(23(30)31)33-11-14)20-17(8-13-10-26-28-22(13)27-20)29(21)16-6-4-15(25)5-7-16/h4-8,10,14,18H,9,11-12H2,1-3H3,(H,30,31)(H,26,27,28)/t14-,18+/m0/s1. The number of pyridine rings is 1. The van der Waals surface area contributed by atoms with Crippen LogP contribution in [0.15, 0.2) is 36.5 Å². The molecule has 1 aliphatic heterocycles. The fourth-order valence-electron chi connectivity index (χ4n) is 4.93. The highest BCUT2D eigenvalue weighted by molar-refractivity contribution is 5.94. The van der Waals surface area contributed by atoms with Gasteiger partial charge >= 0.3 is 5.97 Å². The highest BCUT2D eigenvalue weighted by Gasteiger charge is 2.40. The van der Waals surface area contributed by atoms with Crippen molar-refractivity contribution in [2.75, 3.05) is 20.3 Å². The van der Waals surface area contributed by atoms with Gasteiger partial charge in [-0.25, -0.2) is 14.2 Å². The van der Waals surface area contributed by atoms with Crippen LogP contribution in [-0.4, -0.2) is 57.3 Å². The molecule has 0 radical (unpaired) electrons. The quantitative estimate of drug-likeness (QED) is 0.460. The molecule has 9 heteroatoms. The second-order valence-corrected chi connectivity index (χ2v) is 9.15. The third kappa shape index (κ3) is 3.57. The van der Waals surface area contributed by atoms with Crippen molar-refractivity contribution >= 4 is 28.0 Å². The lowest BCUT2D eigenvalue weighted by atomic mass is 9.82. The van der Waals surface area contributed by atoms with Crippen molar-refractivity contribution in [1.29, 1.82) is 0 Å². The van der Waals surface area contributed by atoms with Crippen molar-refractivity contribution in [3.8, 4) is 5.69 Å². The number of aromatic amines is 1. The Balaban J connectivity index is 1.86. The Kier molecular flexibility index (Phi) is 5.18. The van der Waals surface area contributed by atoms with E-state index in [2.05, 4.69) is 28.6 Å².